The molecule has 3 N–H and O–H groups in total. The average Bonchev–Trinajstić information content (AvgIpc) is 3.66. The molecule has 2 saturated heterocycles. The van der Waals surface area contributed by atoms with Crippen molar-refractivity contribution in [3.8, 4) is 22.3 Å². The summed E-state index contributed by atoms with van der Waals surface area (Å²) in [6.45, 7) is 12.1. The number of nitrogens with two attached hydrogens (primary N) is 1. The SMILES string of the molecule is C[C@H]1[C@H](/C=C/c2ccc(-c3ccccc3)cn2)[C@@H]2[C@@H](C)OC(=O)[C@]2(C(=O)O)C[C@@H]1C.C[C@H]1[C@H](/C=C/c2ccc(-c3ccccc3)cn2)[C@@H]2[C@@H](C)OC(=O)[C@]2(C(N)=O)C[C@@H]1C. The third-order valence-electron chi connectivity index (χ3n) is 14.2. The molecule has 10 nitrogen and oxygen atoms in total. The zero-order chi connectivity index (χ0) is 42.9. The van der Waals surface area contributed by atoms with Crippen LogP contribution in [0.3, 0.4) is 0 Å². The number of aromatic nitrogens is 2. The Balaban J connectivity index is 0.000000181. The molecule has 60 heavy (non-hydrogen) atoms. The lowest BCUT2D eigenvalue weighted by Gasteiger charge is -2.45. The van der Waals surface area contributed by atoms with E-state index in [0.717, 1.165) is 33.6 Å². The zero-order valence-corrected chi connectivity index (χ0v) is 35.1. The Kier molecular flexibility index (Phi) is 12.0. The van der Waals surface area contributed by atoms with Gasteiger partial charge in [0, 0.05) is 35.4 Å². The van der Waals surface area contributed by atoms with Crippen LogP contribution in [0, 0.1) is 58.2 Å². The second-order valence-electron chi connectivity index (χ2n) is 17.5. The molecule has 4 aliphatic rings. The lowest BCUT2D eigenvalue weighted by Crippen LogP contribution is -2.54. The summed E-state index contributed by atoms with van der Waals surface area (Å²) in [5, 5.41) is 10.00. The minimum Gasteiger partial charge on any atom is -0.480 e. The number of carbonyl (C=O) groups is 4. The second kappa shape index (κ2) is 17.0. The van der Waals surface area contributed by atoms with E-state index < -0.39 is 40.7 Å². The lowest BCUT2D eigenvalue weighted by atomic mass is 9.54. The summed E-state index contributed by atoms with van der Waals surface area (Å²) in [5.74, 6) is -2.60. The fourth-order valence-corrected chi connectivity index (χ4v) is 10.6. The monoisotopic (exact) mass is 809 g/mol. The van der Waals surface area contributed by atoms with Gasteiger partial charge in [-0.3, -0.25) is 29.1 Å². The highest BCUT2D eigenvalue weighted by Crippen LogP contribution is 2.57. The van der Waals surface area contributed by atoms with Crippen molar-refractivity contribution in [3.63, 3.8) is 0 Å². The molecule has 0 radical (unpaired) electrons. The number of esters is 2. The molecular formula is C50H55N3O7. The molecular weight excluding hydrogens is 755 g/mol. The molecule has 4 heterocycles. The van der Waals surface area contributed by atoms with Crippen LogP contribution >= 0.6 is 0 Å². The van der Waals surface area contributed by atoms with Gasteiger partial charge in [-0.15, -0.1) is 0 Å². The fraction of sp³-hybridized carbons (Fsp3) is 0.400. The van der Waals surface area contributed by atoms with Crippen molar-refractivity contribution in [1.82, 2.24) is 9.97 Å². The highest BCUT2D eigenvalue weighted by Gasteiger charge is 2.67. The number of pyridine rings is 2. The number of fused-ring (bicyclic) bond motifs is 2. The van der Waals surface area contributed by atoms with Gasteiger partial charge in [0.15, 0.2) is 10.8 Å². The first kappa shape index (κ1) is 42.2. The number of cyclic esters (lactones) is 2. The molecule has 2 aromatic heterocycles. The van der Waals surface area contributed by atoms with Crippen molar-refractivity contribution in [2.75, 3.05) is 0 Å². The van der Waals surface area contributed by atoms with Crippen LogP contribution in [-0.2, 0) is 28.7 Å². The first-order valence-corrected chi connectivity index (χ1v) is 21.0. The molecule has 0 bridgehead atoms. The fourth-order valence-electron chi connectivity index (χ4n) is 10.6. The van der Waals surface area contributed by atoms with E-state index in [0.29, 0.717) is 18.8 Å². The van der Waals surface area contributed by atoms with Crippen LogP contribution in [0.1, 0.15) is 65.8 Å². The number of carboxylic acid groups (broad SMARTS) is 1. The minimum atomic E-state index is -1.45. The number of hydrogen-bond acceptors (Lipinski definition) is 8. The summed E-state index contributed by atoms with van der Waals surface area (Å²) in [6, 6.07) is 28.2. The first-order chi connectivity index (χ1) is 28.7. The minimum absolute atomic E-state index is 0.00157. The number of rotatable bonds is 8. The van der Waals surface area contributed by atoms with Crippen LogP contribution in [-0.4, -0.2) is 51.1 Å². The Bertz CT molecular complexity index is 2100. The molecule has 2 saturated carbocycles. The number of carboxylic acids is 1. The lowest BCUT2D eigenvalue weighted by molar-refractivity contribution is -0.167. The largest absolute Gasteiger partial charge is 0.480 e. The molecule has 1 amide bonds. The van der Waals surface area contributed by atoms with Crippen molar-refractivity contribution >= 4 is 36.0 Å². The van der Waals surface area contributed by atoms with Gasteiger partial charge in [0.2, 0.25) is 5.91 Å². The van der Waals surface area contributed by atoms with E-state index in [4.69, 9.17) is 15.2 Å². The van der Waals surface area contributed by atoms with Crippen molar-refractivity contribution in [2.24, 2.45) is 63.9 Å². The maximum atomic E-state index is 12.7. The Morgan fingerprint density at radius 2 is 1.02 bits per heavy atom. The standard InChI is InChI=1S/C25H28N2O3.C25H27NO4/c1-15-13-25(23(26)28)22(17(3)30-24(25)29)21(16(15)2)12-11-20-10-9-19(14-27-20)18-7-5-4-6-8-18;1-15-13-25(23(27)28)22(17(3)30-24(25)29)21(16(15)2)12-11-20-10-9-19(14-26-20)18-7-5-4-6-8-18/h4-12,14-17,21-22H,13H2,1-3H3,(H2,26,28);4-12,14-17,21-22H,13H2,1-3H3,(H,27,28)/b2*12-11+/t2*15-,16+,17+,21-,22-,25+/m00/s1. The quantitative estimate of drug-likeness (QED) is 0.131. The summed E-state index contributed by atoms with van der Waals surface area (Å²) in [5.41, 5.74) is 9.06. The van der Waals surface area contributed by atoms with Crippen molar-refractivity contribution in [1.29, 1.82) is 0 Å². The summed E-state index contributed by atoms with van der Waals surface area (Å²) < 4.78 is 11.0. The third kappa shape index (κ3) is 7.57. The van der Waals surface area contributed by atoms with Crippen LogP contribution < -0.4 is 5.73 Å². The molecule has 0 spiro atoms. The van der Waals surface area contributed by atoms with Crippen LogP contribution in [0.4, 0.5) is 0 Å². The van der Waals surface area contributed by atoms with Gasteiger partial charge in [0.05, 0.1) is 11.4 Å². The normalized spacial score (nSPS) is 33.3. The van der Waals surface area contributed by atoms with Crippen molar-refractivity contribution in [3.05, 3.63) is 121 Å². The number of amides is 1. The summed E-state index contributed by atoms with van der Waals surface area (Å²) in [7, 11) is 0. The second-order valence-corrected chi connectivity index (χ2v) is 17.5. The molecule has 4 fully saturated rings. The summed E-state index contributed by atoms with van der Waals surface area (Å²) >= 11 is 0. The van der Waals surface area contributed by atoms with E-state index >= 15 is 0 Å². The van der Waals surface area contributed by atoms with Gasteiger partial charge in [-0.1, -0.05) is 113 Å². The highest BCUT2D eigenvalue weighted by atomic mass is 16.6. The van der Waals surface area contributed by atoms with Crippen LogP contribution in [0.2, 0.25) is 0 Å². The predicted octanol–water partition coefficient (Wildman–Crippen LogP) is 8.77. The topological polar surface area (TPSA) is 159 Å². The van der Waals surface area contributed by atoms with Gasteiger partial charge in [-0.05, 0) is 97.6 Å². The predicted molar refractivity (Wildman–Crippen MR) is 230 cm³/mol. The molecule has 2 aromatic carbocycles. The number of hydrogen-bond donors (Lipinski definition) is 2. The number of carbonyl (C=O) groups excluding carboxylic acids is 3. The number of aliphatic carboxylic acids is 1. The van der Waals surface area contributed by atoms with Gasteiger partial charge in [-0.25, -0.2) is 0 Å². The molecule has 0 unspecified atom stereocenters. The highest BCUT2D eigenvalue weighted by molar-refractivity contribution is 6.04. The van der Waals surface area contributed by atoms with E-state index in [1.54, 1.807) is 0 Å². The molecule has 2 aliphatic carbocycles. The Hall–Kier alpha value is -5.90. The van der Waals surface area contributed by atoms with Crippen molar-refractivity contribution in [2.45, 2.75) is 66.6 Å². The molecule has 2 aliphatic heterocycles. The molecule has 10 heteroatoms. The van der Waals surface area contributed by atoms with Gasteiger partial charge in [0.1, 0.15) is 12.2 Å². The molecule has 12 atom stereocenters. The van der Waals surface area contributed by atoms with Gasteiger partial charge in [0.25, 0.3) is 0 Å². The van der Waals surface area contributed by atoms with E-state index in [1.165, 1.54) is 0 Å². The number of primary amides is 1. The Labute approximate surface area is 352 Å². The van der Waals surface area contributed by atoms with E-state index in [2.05, 4.69) is 48.9 Å². The van der Waals surface area contributed by atoms with E-state index in [1.807, 2.05) is 124 Å². The summed E-state index contributed by atoms with van der Waals surface area (Å²) in [4.78, 5) is 59.1. The van der Waals surface area contributed by atoms with Gasteiger partial charge < -0.3 is 20.3 Å². The van der Waals surface area contributed by atoms with E-state index in [-0.39, 0.29) is 47.5 Å². The average molecular weight is 810 g/mol. The van der Waals surface area contributed by atoms with Gasteiger partial charge >= 0.3 is 17.9 Å². The zero-order valence-electron chi connectivity index (χ0n) is 35.1. The number of nitrogens with zero attached hydrogens (tertiary/aromatic N) is 2. The third-order valence-corrected chi connectivity index (χ3v) is 14.2. The molecule has 312 valence electrons. The van der Waals surface area contributed by atoms with E-state index in [9.17, 15) is 24.3 Å². The summed E-state index contributed by atoms with van der Waals surface area (Å²) in [6.07, 6.45) is 11.8. The van der Waals surface area contributed by atoms with Crippen LogP contribution in [0.15, 0.2) is 109 Å². The number of ether oxygens (including phenoxy) is 2. The van der Waals surface area contributed by atoms with Crippen molar-refractivity contribution < 1.29 is 33.8 Å². The molecule has 4 aromatic rings. The molecule has 8 rings (SSSR count). The first-order valence-electron chi connectivity index (χ1n) is 21.0. The van der Waals surface area contributed by atoms with Gasteiger partial charge in [-0.2, -0.15) is 0 Å². The van der Waals surface area contributed by atoms with Crippen LogP contribution in [0.5, 0.6) is 0 Å². The van der Waals surface area contributed by atoms with Crippen LogP contribution in [0.25, 0.3) is 34.4 Å². The number of benzene rings is 2. The maximum absolute atomic E-state index is 12.7. The Morgan fingerprint density at radius 1 is 0.617 bits per heavy atom. The smallest absolute Gasteiger partial charge is 0.324 e. The maximum Gasteiger partial charge on any atom is 0.324 e. The number of allylic oxidation sites excluding steroid dienone is 2. The Morgan fingerprint density at radius 3 is 1.40 bits per heavy atom.